The Balaban J connectivity index is 1.87. The van der Waals surface area contributed by atoms with Crippen LogP contribution in [0.5, 0.6) is 11.5 Å². The summed E-state index contributed by atoms with van der Waals surface area (Å²) in [5.41, 5.74) is 0.281. The minimum atomic E-state index is -0.150. The highest BCUT2D eigenvalue weighted by Crippen LogP contribution is 2.24. The van der Waals surface area contributed by atoms with Crippen molar-refractivity contribution in [3.05, 3.63) is 23.8 Å². The van der Waals surface area contributed by atoms with Gasteiger partial charge in [0, 0.05) is 12.6 Å². The minimum Gasteiger partial charge on any atom is -0.508 e. The van der Waals surface area contributed by atoms with Crippen molar-refractivity contribution in [2.24, 2.45) is 5.92 Å². The van der Waals surface area contributed by atoms with E-state index in [9.17, 15) is 15.0 Å². The number of aromatic hydroxyl groups is 2. The molecule has 1 fully saturated rings. The topological polar surface area (TPSA) is 64.0 Å². The third kappa shape index (κ3) is 4.44. The van der Waals surface area contributed by atoms with E-state index in [-0.39, 0.29) is 22.8 Å². The van der Waals surface area contributed by atoms with Crippen LogP contribution in [0.15, 0.2) is 18.2 Å². The highest BCUT2D eigenvalue weighted by Gasteiger charge is 2.22. The number of Topliss-reactive ketones (excluding diaryl/α,β-unsaturated/α-hetero) is 1. The van der Waals surface area contributed by atoms with E-state index in [1.165, 1.54) is 18.2 Å². The number of carbonyl (C=O) groups excluding carboxylic acids is 1. The minimum absolute atomic E-state index is 0.0338. The van der Waals surface area contributed by atoms with Gasteiger partial charge >= 0.3 is 0 Å². The Kier molecular flexibility index (Phi) is 5.20. The molecule has 0 radical (unpaired) electrons. The maximum atomic E-state index is 12.2. The van der Waals surface area contributed by atoms with Crippen LogP contribution in [0, 0.1) is 5.92 Å². The van der Waals surface area contributed by atoms with Crippen molar-refractivity contribution < 1.29 is 15.0 Å². The van der Waals surface area contributed by atoms with Crippen LogP contribution in [0.25, 0.3) is 0 Å². The van der Waals surface area contributed by atoms with Crippen LogP contribution in [0.1, 0.15) is 23.2 Å². The summed E-state index contributed by atoms with van der Waals surface area (Å²) >= 11 is 0. The van der Waals surface area contributed by atoms with Crippen LogP contribution >= 0.6 is 0 Å². The third-order valence-electron chi connectivity index (χ3n) is 3.98. The fourth-order valence-corrected chi connectivity index (χ4v) is 2.89. The zero-order valence-electron chi connectivity index (χ0n) is 12.7. The number of carbonyl (C=O) groups is 1. The van der Waals surface area contributed by atoms with E-state index in [4.69, 9.17) is 0 Å². The number of piperidine rings is 1. The first-order chi connectivity index (χ1) is 9.95. The Morgan fingerprint density at radius 3 is 2.52 bits per heavy atom. The van der Waals surface area contributed by atoms with Gasteiger partial charge in [0.25, 0.3) is 0 Å². The maximum Gasteiger partial charge on any atom is 0.180 e. The molecule has 5 heteroatoms. The predicted octanol–water partition coefficient (Wildman–Crippen LogP) is 1.55. The molecule has 5 nitrogen and oxygen atoms in total. The number of phenolic OH excluding ortho intramolecular Hbond substituents is 2. The molecule has 1 saturated heterocycles. The molecule has 116 valence electrons. The maximum absolute atomic E-state index is 12.2. The van der Waals surface area contributed by atoms with Gasteiger partial charge in [-0.1, -0.05) is 0 Å². The Bertz CT molecular complexity index is 494. The lowest BCUT2D eigenvalue weighted by atomic mass is 9.96. The first-order valence-corrected chi connectivity index (χ1v) is 7.38. The van der Waals surface area contributed by atoms with Gasteiger partial charge in [0.15, 0.2) is 5.78 Å². The summed E-state index contributed by atoms with van der Waals surface area (Å²) < 4.78 is 0. The molecule has 0 bridgehead atoms. The fraction of sp³-hybridized carbons (Fsp3) is 0.562. The van der Waals surface area contributed by atoms with Gasteiger partial charge in [0.2, 0.25) is 0 Å². The van der Waals surface area contributed by atoms with Crippen LogP contribution in [0.2, 0.25) is 0 Å². The molecule has 1 heterocycles. The number of likely N-dealkylation sites (tertiary alicyclic amines) is 1. The summed E-state index contributed by atoms with van der Waals surface area (Å²) in [4.78, 5) is 16.6. The summed E-state index contributed by atoms with van der Waals surface area (Å²) in [6.45, 7) is 3.26. The van der Waals surface area contributed by atoms with Crippen LogP contribution in [-0.4, -0.2) is 66.1 Å². The van der Waals surface area contributed by atoms with Gasteiger partial charge in [0.1, 0.15) is 11.5 Å². The van der Waals surface area contributed by atoms with Gasteiger partial charge in [-0.15, -0.1) is 0 Å². The second-order valence-corrected chi connectivity index (χ2v) is 6.11. The first kappa shape index (κ1) is 15.8. The zero-order chi connectivity index (χ0) is 15.4. The largest absolute Gasteiger partial charge is 0.508 e. The summed E-state index contributed by atoms with van der Waals surface area (Å²) in [7, 11) is 4.17. The summed E-state index contributed by atoms with van der Waals surface area (Å²) in [5.74, 6) is 0.419. The van der Waals surface area contributed by atoms with E-state index in [1.54, 1.807) is 0 Å². The number of benzene rings is 1. The highest BCUT2D eigenvalue weighted by molar-refractivity contribution is 6.00. The summed E-state index contributed by atoms with van der Waals surface area (Å²) in [5, 5.41) is 19.0. The molecule has 21 heavy (non-hydrogen) atoms. The van der Waals surface area contributed by atoms with Crippen LogP contribution in [0.3, 0.4) is 0 Å². The van der Waals surface area contributed by atoms with Gasteiger partial charge in [-0.05, 0) is 58.1 Å². The number of ketones is 1. The molecule has 1 aromatic carbocycles. The molecule has 0 saturated carbocycles. The quantitative estimate of drug-likeness (QED) is 0.806. The molecule has 0 atom stereocenters. The van der Waals surface area contributed by atoms with Crippen molar-refractivity contribution in [3.63, 3.8) is 0 Å². The molecule has 1 aliphatic heterocycles. The second-order valence-electron chi connectivity index (χ2n) is 6.11. The van der Waals surface area contributed by atoms with Gasteiger partial charge in [-0.3, -0.25) is 9.69 Å². The average Bonchev–Trinajstić information content (AvgIpc) is 2.40. The Morgan fingerprint density at radius 1 is 1.29 bits per heavy atom. The fourth-order valence-electron chi connectivity index (χ4n) is 2.89. The van der Waals surface area contributed by atoms with E-state index in [2.05, 4.69) is 23.9 Å². The van der Waals surface area contributed by atoms with E-state index in [0.29, 0.717) is 12.5 Å². The SMILES string of the molecule is CN(C)CC1CCN(CC(=O)c2ccc(O)cc2O)CC1. The third-order valence-corrected chi connectivity index (χ3v) is 3.98. The molecular weight excluding hydrogens is 268 g/mol. The molecule has 0 spiro atoms. The number of hydrogen-bond donors (Lipinski definition) is 2. The number of nitrogens with zero attached hydrogens (tertiary/aromatic N) is 2. The highest BCUT2D eigenvalue weighted by atomic mass is 16.3. The Morgan fingerprint density at radius 2 is 1.95 bits per heavy atom. The summed E-state index contributed by atoms with van der Waals surface area (Å²) in [6.07, 6.45) is 2.21. The molecule has 0 unspecified atom stereocenters. The molecule has 0 aliphatic carbocycles. The molecule has 1 aliphatic rings. The van der Waals surface area contributed by atoms with Crippen molar-refractivity contribution in [1.29, 1.82) is 0 Å². The summed E-state index contributed by atoms with van der Waals surface area (Å²) in [6, 6.07) is 4.11. The molecule has 2 N–H and O–H groups in total. The average molecular weight is 292 g/mol. The van der Waals surface area contributed by atoms with Gasteiger partial charge in [-0.25, -0.2) is 0 Å². The molecule has 2 rings (SSSR count). The standard InChI is InChI=1S/C16H24N2O3/c1-17(2)10-12-5-7-18(8-6-12)11-16(21)14-4-3-13(19)9-15(14)20/h3-4,9,12,19-20H,5-8,10-11H2,1-2H3. The monoisotopic (exact) mass is 292 g/mol. The smallest absolute Gasteiger partial charge is 0.180 e. The Labute approximate surface area is 125 Å². The van der Waals surface area contributed by atoms with Crippen molar-refractivity contribution in [1.82, 2.24) is 9.80 Å². The zero-order valence-corrected chi connectivity index (χ0v) is 12.7. The number of phenols is 2. The normalized spacial score (nSPS) is 17.3. The van der Waals surface area contributed by atoms with Crippen LogP contribution < -0.4 is 0 Å². The van der Waals surface area contributed by atoms with Gasteiger partial charge in [-0.2, -0.15) is 0 Å². The molecular formula is C16H24N2O3. The van der Waals surface area contributed by atoms with Gasteiger partial charge < -0.3 is 15.1 Å². The number of hydrogen-bond acceptors (Lipinski definition) is 5. The van der Waals surface area contributed by atoms with E-state index in [0.717, 1.165) is 32.5 Å². The lowest BCUT2D eigenvalue weighted by molar-refractivity contribution is 0.0883. The van der Waals surface area contributed by atoms with Crippen molar-refractivity contribution in [2.75, 3.05) is 40.3 Å². The Hall–Kier alpha value is -1.59. The predicted molar refractivity (Wildman–Crippen MR) is 81.8 cm³/mol. The van der Waals surface area contributed by atoms with Crippen LogP contribution in [-0.2, 0) is 0 Å². The molecule has 0 aromatic heterocycles. The molecule has 0 amide bonds. The van der Waals surface area contributed by atoms with E-state index in [1.807, 2.05) is 0 Å². The van der Waals surface area contributed by atoms with Crippen molar-refractivity contribution in [2.45, 2.75) is 12.8 Å². The van der Waals surface area contributed by atoms with Crippen molar-refractivity contribution >= 4 is 5.78 Å². The van der Waals surface area contributed by atoms with E-state index >= 15 is 0 Å². The van der Waals surface area contributed by atoms with Gasteiger partial charge in [0.05, 0.1) is 12.1 Å². The lowest BCUT2D eigenvalue weighted by Crippen LogP contribution is -2.39. The lowest BCUT2D eigenvalue weighted by Gasteiger charge is -2.32. The second kappa shape index (κ2) is 6.91. The first-order valence-electron chi connectivity index (χ1n) is 7.38. The number of rotatable bonds is 5. The molecule has 1 aromatic rings. The van der Waals surface area contributed by atoms with Crippen molar-refractivity contribution in [3.8, 4) is 11.5 Å². The van der Waals surface area contributed by atoms with Crippen LogP contribution in [0.4, 0.5) is 0 Å². The van der Waals surface area contributed by atoms with E-state index < -0.39 is 0 Å².